The van der Waals surface area contributed by atoms with Gasteiger partial charge >= 0.3 is 0 Å². The molecule has 0 saturated carbocycles. The predicted molar refractivity (Wildman–Crippen MR) is 115 cm³/mol. The van der Waals surface area contributed by atoms with Crippen molar-refractivity contribution in [3.63, 3.8) is 0 Å². The van der Waals surface area contributed by atoms with E-state index in [1.165, 1.54) is 6.33 Å². The third-order valence-electron chi connectivity index (χ3n) is 5.04. The van der Waals surface area contributed by atoms with Gasteiger partial charge in [0.25, 0.3) is 11.8 Å². The van der Waals surface area contributed by atoms with E-state index in [-0.39, 0.29) is 21.6 Å². The molecule has 0 aliphatic carbocycles. The molecule has 3 heterocycles. The lowest BCUT2D eigenvalue weighted by Gasteiger charge is -2.29. The van der Waals surface area contributed by atoms with Crippen LogP contribution in [0.4, 0.5) is 11.6 Å². The molecule has 0 fully saturated rings. The SMILES string of the molecule is O=C(Nc1nc2ccccc2[nH]1)c1nc[nH]c1C(=O)N1CCCc2ccccc21.[HH].[HH].[HH]. The highest BCUT2D eigenvalue weighted by Gasteiger charge is 2.28. The van der Waals surface area contributed by atoms with Crippen LogP contribution >= 0.6 is 0 Å². The quantitative estimate of drug-likeness (QED) is 0.492. The van der Waals surface area contributed by atoms with E-state index in [0.717, 1.165) is 35.1 Å². The predicted octanol–water partition coefficient (Wildman–Crippen LogP) is 3.87. The number of nitrogens with one attached hydrogen (secondary N) is 3. The Kier molecular flexibility index (Phi) is 4.09. The van der Waals surface area contributed by atoms with Gasteiger partial charge in [0.15, 0.2) is 5.69 Å². The van der Waals surface area contributed by atoms with E-state index in [1.54, 1.807) is 4.90 Å². The van der Waals surface area contributed by atoms with Crippen molar-refractivity contribution in [1.82, 2.24) is 19.9 Å². The van der Waals surface area contributed by atoms with E-state index in [9.17, 15) is 9.59 Å². The molecule has 8 heteroatoms. The summed E-state index contributed by atoms with van der Waals surface area (Å²) >= 11 is 0. The Morgan fingerprint density at radius 1 is 1.10 bits per heavy atom. The van der Waals surface area contributed by atoms with E-state index in [2.05, 4.69) is 25.3 Å². The van der Waals surface area contributed by atoms with Gasteiger partial charge in [0.05, 0.1) is 17.4 Å². The summed E-state index contributed by atoms with van der Waals surface area (Å²) in [5.41, 5.74) is 3.76. The van der Waals surface area contributed by atoms with E-state index < -0.39 is 5.91 Å². The second-order valence-electron chi connectivity index (χ2n) is 6.87. The van der Waals surface area contributed by atoms with Crippen LogP contribution in [0, 0.1) is 0 Å². The largest absolute Gasteiger partial charge is 0.340 e. The molecule has 2 aromatic carbocycles. The number of fused-ring (bicyclic) bond motifs is 2. The number of para-hydroxylation sites is 3. The molecule has 1 aliphatic heterocycles. The highest BCUT2D eigenvalue weighted by molar-refractivity contribution is 6.14. The number of aryl methyl sites for hydroxylation is 1. The summed E-state index contributed by atoms with van der Waals surface area (Å²) in [6.07, 6.45) is 3.16. The third kappa shape index (κ3) is 3.04. The number of hydrogen-bond acceptors (Lipinski definition) is 4. The normalized spacial score (nSPS) is 13.3. The van der Waals surface area contributed by atoms with Crippen molar-refractivity contribution in [1.29, 1.82) is 0 Å². The molecule has 4 aromatic rings. The van der Waals surface area contributed by atoms with Crippen molar-refractivity contribution in [2.45, 2.75) is 12.8 Å². The number of carbonyl (C=O) groups is 2. The molecule has 8 nitrogen and oxygen atoms in total. The van der Waals surface area contributed by atoms with E-state index in [1.807, 2.05) is 48.5 Å². The molecule has 3 N–H and O–H groups in total. The molecule has 0 unspecified atom stereocenters. The van der Waals surface area contributed by atoms with Crippen molar-refractivity contribution < 1.29 is 13.9 Å². The second-order valence-corrected chi connectivity index (χ2v) is 6.87. The van der Waals surface area contributed by atoms with Crippen molar-refractivity contribution >= 4 is 34.5 Å². The molecule has 5 rings (SSSR count). The van der Waals surface area contributed by atoms with Gasteiger partial charge in [-0.2, -0.15) is 0 Å². The van der Waals surface area contributed by atoms with Crippen molar-refractivity contribution in [2.75, 3.05) is 16.8 Å². The van der Waals surface area contributed by atoms with Crippen LogP contribution in [0.15, 0.2) is 54.9 Å². The molecule has 0 spiro atoms. The van der Waals surface area contributed by atoms with E-state index in [0.29, 0.717) is 12.5 Å². The molecule has 0 atom stereocenters. The van der Waals surface area contributed by atoms with Gasteiger partial charge in [0.2, 0.25) is 5.95 Å². The third-order valence-corrected chi connectivity index (χ3v) is 5.04. The van der Waals surface area contributed by atoms with Gasteiger partial charge in [0.1, 0.15) is 5.69 Å². The maximum absolute atomic E-state index is 13.2. The molecule has 2 amide bonds. The number of imidazole rings is 2. The first-order valence-corrected chi connectivity index (χ1v) is 9.40. The summed E-state index contributed by atoms with van der Waals surface area (Å²) in [5, 5.41) is 2.69. The van der Waals surface area contributed by atoms with Crippen LogP contribution in [0.5, 0.6) is 0 Å². The van der Waals surface area contributed by atoms with Crippen molar-refractivity contribution in [3.8, 4) is 0 Å². The number of aromatic nitrogens is 4. The summed E-state index contributed by atoms with van der Waals surface area (Å²) < 4.78 is 0. The van der Waals surface area contributed by atoms with Gasteiger partial charge in [-0.25, -0.2) is 9.97 Å². The molecule has 0 radical (unpaired) electrons. The summed E-state index contributed by atoms with van der Waals surface area (Å²) in [7, 11) is 0. The maximum atomic E-state index is 13.2. The van der Waals surface area contributed by atoms with Crippen LogP contribution in [0.3, 0.4) is 0 Å². The van der Waals surface area contributed by atoms with Gasteiger partial charge in [-0.3, -0.25) is 14.9 Å². The van der Waals surface area contributed by atoms with Crippen LogP contribution in [-0.2, 0) is 6.42 Å². The Morgan fingerprint density at radius 2 is 1.93 bits per heavy atom. The molecule has 2 aromatic heterocycles. The topological polar surface area (TPSA) is 107 Å². The number of hydrogen-bond donors (Lipinski definition) is 3. The van der Waals surface area contributed by atoms with Gasteiger partial charge in [-0.1, -0.05) is 30.3 Å². The number of rotatable bonds is 3. The van der Waals surface area contributed by atoms with Gasteiger partial charge in [-0.05, 0) is 36.6 Å². The minimum Gasteiger partial charge on any atom is -0.340 e. The zero-order valence-corrected chi connectivity index (χ0v) is 15.5. The minimum atomic E-state index is -0.501. The number of anilines is 2. The summed E-state index contributed by atoms with van der Waals surface area (Å²) in [5.74, 6) is -0.468. The molecule has 0 bridgehead atoms. The average Bonchev–Trinajstić information content (AvgIpc) is 3.39. The Morgan fingerprint density at radius 3 is 2.83 bits per heavy atom. The molecule has 1 aliphatic rings. The number of benzene rings is 2. The van der Waals surface area contributed by atoms with Crippen LogP contribution in [0.25, 0.3) is 11.0 Å². The second kappa shape index (κ2) is 6.90. The highest BCUT2D eigenvalue weighted by Crippen LogP contribution is 2.28. The fourth-order valence-electron chi connectivity index (χ4n) is 3.69. The molecule has 29 heavy (non-hydrogen) atoms. The monoisotopic (exact) mass is 392 g/mol. The first-order valence-electron chi connectivity index (χ1n) is 9.40. The standard InChI is InChI=1S/C21H18N6O2.3H2/c28-19(26-21-24-14-8-2-3-9-15(14)25-21)17-18(23-12-22-17)20(29)27-11-5-7-13-6-1-4-10-16(13)27;;;/h1-4,6,8-10,12H,5,7,11H2,(H,22,23)(H2,24,25,26,28);3*1H. The van der Waals surface area contributed by atoms with Crippen LogP contribution in [-0.4, -0.2) is 38.3 Å². The van der Waals surface area contributed by atoms with Gasteiger partial charge in [-0.15, -0.1) is 0 Å². The van der Waals surface area contributed by atoms with Crippen LogP contribution in [0.1, 0.15) is 37.2 Å². The molecular weight excluding hydrogens is 368 g/mol. The first-order chi connectivity index (χ1) is 14.2. The Bertz CT molecular complexity index is 1210. The lowest BCUT2D eigenvalue weighted by atomic mass is 10.0. The van der Waals surface area contributed by atoms with Crippen molar-refractivity contribution in [3.05, 3.63) is 71.8 Å². The van der Waals surface area contributed by atoms with E-state index >= 15 is 0 Å². The minimum absolute atomic E-state index is 0. The highest BCUT2D eigenvalue weighted by atomic mass is 16.2. The lowest BCUT2D eigenvalue weighted by Crippen LogP contribution is -2.36. The van der Waals surface area contributed by atoms with Gasteiger partial charge in [0, 0.05) is 16.5 Å². The zero-order chi connectivity index (χ0) is 19.8. The summed E-state index contributed by atoms with van der Waals surface area (Å²) in [4.78, 5) is 42.0. The number of aromatic amines is 2. The number of nitrogens with zero attached hydrogens (tertiary/aromatic N) is 3. The summed E-state index contributed by atoms with van der Waals surface area (Å²) in [6, 6.07) is 15.3. The molecular formula is C21H24N6O2. The first kappa shape index (κ1) is 17.2. The smallest absolute Gasteiger partial charge is 0.279 e. The Labute approximate surface area is 170 Å². The molecule has 150 valence electrons. The average molecular weight is 392 g/mol. The summed E-state index contributed by atoms with van der Waals surface area (Å²) in [6.45, 7) is 0.597. The van der Waals surface area contributed by atoms with Crippen LogP contribution in [0.2, 0.25) is 0 Å². The number of H-pyrrole nitrogens is 2. The van der Waals surface area contributed by atoms with E-state index in [4.69, 9.17) is 0 Å². The maximum Gasteiger partial charge on any atom is 0.279 e. The van der Waals surface area contributed by atoms with Crippen molar-refractivity contribution in [2.24, 2.45) is 0 Å². The fraction of sp³-hybridized carbons (Fsp3) is 0.143. The number of carbonyl (C=O) groups excluding carboxylic acids is 2. The molecule has 0 saturated heterocycles. The number of amides is 2. The van der Waals surface area contributed by atoms with Gasteiger partial charge < -0.3 is 14.9 Å². The lowest BCUT2D eigenvalue weighted by molar-refractivity contribution is 0.0961. The Balaban J connectivity index is 0.00000121. The Hall–Kier alpha value is -3.94. The van der Waals surface area contributed by atoms with Crippen LogP contribution < -0.4 is 10.2 Å². The zero-order valence-electron chi connectivity index (χ0n) is 15.5. The fourth-order valence-corrected chi connectivity index (χ4v) is 3.69.